The number of hydrogen-bond donors (Lipinski definition) is 1. The summed E-state index contributed by atoms with van der Waals surface area (Å²) in [5, 5.41) is 4.15. The Balaban J connectivity index is 2.69. The van der Waals surface area contributed by atoms with Crippen LogP contribution in [0.5, 0.6) is 5.75 Å². The first kappa shape index (κ1) is 21.7. The smallest absolute Gasteiger partial charge is 0.173 e. The quantitative estimate of drug-likeness (QED) is 0.606. The number of para-hydroxylation sites is 2. The molecule has 0 aliphatic rings. The molecular weight excluding hydrogens is 332 g/mol. The van der Waals surface area contributed by atoms with Crippen molar-refractivity contribution in [2.75, 3.05) is 66.3 Å². The summed E-state index contributed by atoms with van der Waals surface area (Å²) in [4.78, 5) is 6.68. The Labute approximate surface area is 158 Å². The summed E-state index contributed by atoms with van der Waals surface area (Å²) in [6.45, 7) is 6.65. The minimum absolute atomic E-state index is 0.640. The molecule has 1 aromatic carbocycles. The van der Waals surface area contributed by atoms with Gasteiger partial charge in [-0.25, -0.2) is 0 Å². The van der Waals surface area contributed by atoms with E-state index in [1.807, 2.05) is 31.2 Å². The molecule has 0 aromatic heterocycles. The monoisotopic (exact) mass is 366 g/mol. The molecule has 0 fully saturated rings. The normalized spacial score (nSPS) is 11.0. The molecule has 0 atom stereocenters. The molecule has 0 aliphatic heterocycles. The molecule has 6 heteroatoms. The highest BCUT2D eigenvalue weighted by Crippen LogP contribution is 2.24. The van der Waals surface area contributed by atoms with Gasteiger partial charge < -0.3 is 24.8 Å². The van der Waals surface area contributed by atoms with Gasteiger partial charge in [0.2, 0.25) is 0 Å². The molecular formula is C19H34N4OS. The topological polar surface area (TPSA) is 31.0 Å². The van der Waals surface area contributed by atoms with Crippen LogP contribution in [0.1, 0.15) is 19.8 Å². The predicted molar refractivity (Wildman–Crippen MR) is 112 cm³/mol. The minimum atomic E-state index is 0.640. The number of thiocarbonyl (C=S) groups is 1. The third kappa shape index (κ3) is 9.05. The second kappa shape index (κ2) is 12.1. The number of ether oxygens (including phenoxy) is 1. The molecule has 0 radical (unpaired) electrons. The molecule has 142 valence electrons. The van der Waals surface area contributed by atoms with Crippen molar-refractivity contribution >= 4 is 23.0 Å². The van der Waals surface area contributed by atoms with E-state index >= 15 is 0 Å². The average molecular weight is 367 g/mol. The Morgan fingerprint density at radius 2 is 1.52 bits per heavy atom. The van der Waals surface area contributed by atoms with E-state index in [9.17, 15) is 0 Å². The van der Waals surface area contributed by atoms with Gasteiger partial charge in [-0.05, 0) is 85.4 Å². The van der Waals surface area contributed by atoms with Crippen LogP contribution in [-0.4, -0.2) is 80.8 Å². The van der Waals surface area contributed by atoms with Gasteiger partial charge in [0.25, 0.3) is 0 Å². The van der Waals surface area contributed by atoms with Gasteiger partial charge in [-0.15, -0.1) is 0 Å². The predicted octanol–water partition coefficient (Wildman–Crippen LogP) is 2.99. The highest BCUT2D eigenvalue weighted by atomic mass is 32.1. The van der Waals surface area contributed by atoms with Crippen LogP contribution >= 0.6 is 12.2 Å². The summed E-state index contributed by atoms with van der Waals surface area (Å²) in [6.07, 6.45) is 2.17. The van der Waals surface area contributed by atoms with Crippen LogP contribution in [0.3, 0.4) is 0 Å². The van der Waals surface area contributed by atoms with Gasteiger partial charge in [0.1, 0.15) is 5.75 Å². The highest BCUT2D eigenvalue weighted by Gasteiger charge is 2.12. The van der Waals surface area contributed by atoms with Crippen molar-refractivity contribution < 1.29 is 4.74 Å². The molecule has 1 N–H and O–H groups in total. The first-order valence-corrected chi connectivity index (χ1v) is 9.42. The standard InChI is InChI=1S/C19H34N4OS/c1-6-24-18-12-8-7-11-17(18)20-19(25)23(15-9-13-21(2)3)16-10-14-22(4)5/h7-8,11-12H,6,9-10,13-16H2,1-5H3,(H,20,25). The van der Waals surface area contributed by atoms with E-state index in [0.717, 1.165) is 55.6 Å². The van der Waals surface area contributed by atoms with Crippen LogP contribution in [0.2, 0.25) is 0 Å². The first-order chi connectivity index (χ1) is 11.9. The summed E-state index contributed by atoms with van der Waals surface area (Å²) in [5.41, 5.74) is 0.930. The molecule has 5 nitrogen and oxygen atoms in total. The van der Waals surface area contributed by atoms with Crippen LogP contribution < -0.4 is 10.1 Å². The lowest BCUT2D eigenvalue weighted by Crippen LogP contribution is -2.38. The zero-order valence-corrected chi connectivity index (χ0v) is 17.2. The number of nitrogens with zero attached hydrogens (tertiary/aromatic N) is 3. The molecule has 0 amide bonds. The fourth-order valence-electron chi connectivity index (χ4n) is 2.52. The summed E-state index contributed by atoms with van der Waals surface area (Å²) < 4.78 is 5.69. The van der Waals surface area contributed by atoms with Crippen molar-refractivity contribution in [2.24, 2.45) is 0 Å². The van der Waals surface area contributed by atoms with Crippen molar-refractivity contribution in [1.29, 1.82) is 0 Å². The number of nitrogens with one attached hydrogen (secondary N) is 1. The number of benzene rings is 1. The second-order valence-electron chi connectivity index (χ2n) is 6.66. The molecule has 0 spiro atoms. The van der Waals surface area contributed by atoms with Crippen LogP contribution in [0.4, 0.5) is 5.69 Å². The fourth-order valence-corrected chi connectivity index (χ4v) is 2.81. The second-order valence-corrected chi connectivity index (χ2v) is 7.05. The first-order valence-electron chi connectivity index (χ1n) is 9.01. The third-order valence-corrected chi connectivity index (χ3v) is 4.14. The molecule has 0 unspecified atom stereocenters. The Kier molecular flexibility index (Phi) is 10.5. The lowest BCUT2D eigenvalue weighted by molar-refractivity contribution is 0.325. The van der Waals surface area contributed by atoms with Crippen LogP contribution in [-0.2, 0) is 0 Å². The summed E-state index contributed by atoms with van der Waals surface area (Å²) in [6, 6.07) is 7.95. The average Bonchev–Trinajstić information content (AvgIpc) is 2.54. The van der Waals surface area contributed by atoms with Gasteiger partial charge in [-0.1, -0.05) is 12.1 Å². The van der Waals surface area contributed by atoms with Gasteiger partial charge in [-0.2, -0.15) is 0 Å². The van der Waals surface area contributed by atoms with Crippen LogP contribution in [0.15, 0.2) is 24.3 Å². The zero-order chi connectivity index (χ0) is 18.7. The summed E-state index contributed by atoms with van der Waals surface area (Å²) in [5.74, 6) is 0.842. The van der Waals surface area contributed by atoms with E-state index in [0.29, 0.717) is 6.61 Å². The maximum Gasteiger partial charge on any atom is 0.173 e. The highest BCUT2D eigenvalue weighted by molar-refractivity contribution is 7.80. The Morgan fingerprint density at radius 3 is 2.04 bits per heavy atom. The zero-order valence-electron chi connectivity index (χ0n) is 16.4. The minimum Gasteiger partial charge on any atom is -0.492 e. The molecule has 1 aromatic rings. The van der Waals surface area contributed by atoms with E-state index in [-0.39, 0.29) is 0 Å². The molecule has 0 heterocycles. The summed E-state index contributed by atoms with van der Waals surface area (Å²) >= 11 is 5.69. The van der Waals surface area contributed by atoms with Crippen LogP contribution in [0.25, 0.3) is 0 Å². The molecule has 0 bridgehead atoms. The SMILES string of the molecule is CCOc1ccccc1NC(=S)N(CCCN(C)C)CCCN(C)C. The molecule has 0 aliphatic carbocycles. The fraction of sp³-hybridized carbons (Fsp3) is 0.632. The van der Waals surface area contributed by atoms with E-state index in [1.54, 1.807) is 0 Å². The van der Waals surface area contributed by atoms with E-state index in [2.05, 4.69) is 48.2 Å². The van der Waals surface area contributed by atoms with Gasteiger partial charge >= 0.3 is 0 Å². The van der Waals surface area contributed by atoms with E-state index < -0.39 is 0 Å². The number of hydrogen-bond acceptors (Lipinski definition) is 4. The number of anilines is 1. The van der Waals surface area contributed by atoms with Gasteiger partial charge in [0, 0.05) is 13.1 Å². The lowest BCUT2D eigenvalue weighted by atomic mass is 10.3. The molecule has 0 saturated carbocycles. The van der Waals surface area contributed by atoms with Crippen molar-refractivity contribution in [3.8, 4) is 5.75 Å². The maximum absolute atomic E-state index is 5.69. The Bertz CT molecular complexity index is 494. The van der Waals surface area contributed by atoms with E-state index in [4.69, 9.17) is 17.0 Å². The van der Waals surface area contributed by atoms with Crippen molar-refractivity contribution in [1.82, 2.24) is 14.7 Å². The van der Waals surface area contributed by atoms with Gasteiger partial charge in [-0.3, -0.25) is 0 Å². The molecule has 1 rings (SSSR count). The van der Waals surface area contributed by atoms with E-state index in [1.165, 1.54) is 0 Å². The van der Waals surface area contributed by atoms with Gasteiger partial charge in [0.15, 0.2) is 5.11 Å². The van der Waals surface area contributed by atoms with Crippen LogP contribution in [0, 0.1) is 0 Å². The number of rotatable bonds is 11. The van der Waals surface area contributed by atoms with Crippen molar-refractivity contribution in [2.45, 2.75) is 19.8 Å². The van der Waals surface area contributed by atoms with Crippen molar-refractivity contribution in [3.63, 3.8) is 0 Å². The Morgan fingerprint density at radius 1 is 0.960 bits per heavy atom. The largest absolute Gasteiger partial charge is 0.492 e. The van der Waals surface area contributed by atoms with Crippen molar-refractivity contribution in [3.05, 3.63) is 24.3 Å². The molecule has 0 saturated heterocycles. The van der Waals surface area contributed by atoms with Gasteiger partial charge in [0.05, 0.1) is 12.3 Å². The molecule has 25 heavy (non-hydrogen) atoms. The Hall–Kier alpha value is -1.37. The third-order valence-electron chi connectivity index (χ3n) is 3.78. The lowest BCUT2D eigenvalue weighted by Gasteiger charge is -2.27. The maximum atomic E-state index is 5.69. The summed E-state index contributed by atoms with van der Waals surface area (Å²) in [7, 11) is 8.41.